The minimum absolute atomic E-state index is 0.433. The molecule has 0 aliphatic rings. The van der Waals surface area contributed by atoms with E-state index in [1.54, 1.807) is 12.4 Å². The molecular formula is C15H17N5. The molecule has 0 aliphatic heterocycles. The maximum absolute atomic E-state index is 8.82. The summed E-state index contributed by atoms with van der Waals surface area (Å²) in [6.45, 7) is 3.39. The number of rotatable bonds is 6. The molecule has 0 bridgehead atoms. The Morgan fingerprint density at radius 1 is 1.25 bits per heavy atom. The van der Waals surface area contributed by atoms with Crippen molar-refractivity contribution < 1.29 is 0 Å². The maximum atomic E-state index is 8.82. The molecule has 1 heterocycles. The van der Waals surface area contributed by atoms with Gasteiger partial charge >= 0.3 is 0 Å². The van der Waals surface area contributed by atoms with E-state index >= 15 is 0 Å². The third kappa shape index (κ3) is 3.45. The van der Waals surface area contributed by atoms with Crippen molar-refractivity contribution in [1.82, 2.24) is 9.97 Å². The molecule has 0 atom stereocenters. The lowest BCUT2D eigenvalue weighted by Crippen LogP contribution is -2.20. The first-order valence-electron chi connectivity index (χ1n) is 6.60. The van der Waals surface area contributed by atoms with Crippen molar-refractivity contribution in [2.75, 3.05) is 23.3 Å². The van der Waals surface area contributed by atoms with Gasteiger partial charge in [-0.2, -0.15) is 5.26 Å². The molecule has 0 amide bonds. The zero-order valence-corrected chi connectivity index (χ0v) is 11.5. The van der Waals surface area contributed by atoms with Gasteiger partial charge < -0.3 is 10.2 Å². The van der Waals surface area contributed by atoms with Gasteiger partial charge in [-0.3, -0.25) is 4.98 Å². The van der Waals surface area contributed by atoms with Crippen molar-refractivity contribution in [3.05, 3.63) is 42.7 Å². The van der Waals surface area contributed by atoms with Crippen molar-refractivity contribution >= 4 is 17.3 Å². The summed E-state index contributed by atoms with van der Waals surface area (Å²) in [7, 11) is 0. The summed E-state index contributed by atoms with van der Waals surface area (Å²) in [5, 5.41) is 12.0. The molecule has 0 radical (unpaired) electrons. The second kappa shape index (κ2) is 7.10. The first-order chi connectivity index (χ1) is 9.85. The molecule has 20 heavy (non-hydrogen) atoms. The Hall–Kier alpha value is -2.61. The summed E-state index contributed by atoms with van der Waals surface area (Å²) >= 11 is 0. The topological polar surface area (TPSA) is 64.8 Å². The molecule has 0 saturated heterocycles. The lowest BCUT2D eigenvalue weighted by atomic mass is 10.2. The van der Waals surface area contributed by atoms with Crippen molar-refractivity contribution in [2.45, 2.75) is 13.3 Å². The van der Waals surface area contributed by atoms with E-state index in [-0.39, 0.29) is 0 Å². The molecule has 2 rings (SSSR count). The van der Waals surface area contributed by atoms with Crippen LogP contribution in [0.1, 0.15) is 13.3 Å². The highest BCUT2D eigenvalue weighted by molar-refractivity contribution is 5.60. The van der Waals surface area contributed by atoms with Gasteiger partial charge in [0.2, 0.25) is 0 Å². The quantitative estimate of drug-likeness (QED) is 0.871. The standard InChI is InChI=1S/C15H17N5/c1-2-18-14-11-17-12-15(19-14)20(10-6-9-16)13-7-4-3-5-8-13/h3-5,7-8,11-12H,2,6,10H2,1H3,(H,18,19). The highest BCUT2D eigenvalue weighted by atomic mass is 15.2. The SMILES string of the molecule is CCNc1cncc(N(CCC#N)c2ccccc2)n1. The number of aromatic nitrogens is 2. The summed E-state index contributed by atoms with van der Waals surface area (Å²) in [5.41, 5.74) is 1.01. The van der Waals surface area contributed by atoms with Crippen LogP contribution in [0.5, 0.6) is 0 Å². The number of benzene rings is 1. The number of hydrogen-bond donors (Lipinski definition) is 1. The van der Waals surface area contributed by atoms with Crippen molar-refractivity contribution in [3.8, 4) is 6.07 Å². The Kier molecular flexibility index (Phi) is 4.90. The van der Waals surface area contributed by atoms with E-state index in [0.29, 0.717) is 13.0 Å². The van der Waals surface area contributed by atoms with Crippen LogP contribution >= 0.6 is 0 Å². The normalized spacial score (nSPS) is 9.80. The first kappa shape index (κ1) is 13.8. The van der Waals surface area contributed by atoms with Crippen molar-refractivity contribution in [2.24, 2.45) is 0 Å². The summed E-state index contributed by atoms with van der Waals surface area (Å²) < 4.78 is 0. The molecule has 1 aromatic heterocycles. The Morgan fingerprint density at radius 2 is 2.05 bits per heavy atom. The average Bonchev–Trinajstić information content (AvgIpc) is 2.50. The Bertz CT molecular complexity index is 576. The summed E-state index contributed by atoms with van der Waals surface area (Å²) in [6.07, 6.45) is 3.84. The predicted molar refractivity (Wildman–Crippen MR) is 79.9 cm³/mol. The molecule has 5 heteroatoms. The Labute approximate surface area is 118 Å². The van der Waals surface area contributed by atoms with Crippen LogP contribution in [0.25, 0.3) is 0 Å². The largest absolute Gasteiger partial charge is 0.369 e. The molecule has 5 nitrogen and oxygen atoms in total. The lowest BCUT2D eigenvalue weighted by Gasteiger charge is -2.22. The van der Waals surface area contributed by atoms with E-state index in [2.05, 4.69) is 21.4 Å². The van der Waals surface area contributed by atoms with Crippen LogP contribution < -0.4 is 10.2 Å². The van der Waals surface area contributed by atoms with Crippen molar-refractivity contribution in [1.29, 1.82) is 5.26 Å². The van der Waals surface area contributed by atoms with Crippen molar-refractivity contribution in [3.63, 3.8) is 0 Å². The minimum atomic E-state index is 0.433. The molecule has 0 unspecified atom stereocenters. The summed E-state index contributed by atoms with van der Waals surface area (Å²) in [5.74, 6) is 1.48. The van der Waals surface area contributed by atoms with Crippen LogP contribution in [0.15, 0.2) is 42.7 Å². The number of para-hydroxylation sites is 1. The zero-order chi connectivity index (χ0) is 14.2. The Balaban J connectivity index is 2.31. The van der Waals surface area contributed by atoms with Gasteiger partial charge in [-0.15, -0.1) is 0 Å². The monoisotopic (exact) mass is 267 g/mol. The zero-order valence-electron chi connectivity index (χ0n) is 11.5. The third-order valence-electron chi connectivity index (χ3n) is 2.77. The van der Waals surface area contributed by atoms with Gasteiger partial charge in [0, 0.05) is 18.8 Å². The number of nitrogens with one attached hydrogen (secondary N) is 1. The van der Waals surface area contributed by atoms with Crippen LogP contribution in [-0.4, -0.2) is 23.1 Å². The second-order valence-corrected chi connectivity index (χ2v) is 4.19. The van der Waals surface area contributed by atoms with E-state index in [4.69, 9.17) is 5.26 Å². The van der Waals surface area contributed by atoms with Gasteiger partial charge in [-0.1, -0.05) is 18.2 Å². The fourth-order valence-corrected chi connectivity index (χ4v) is 1.90. The van der Waals surface area contributed by atoms with Crippen LogP contribution in [0.4, 0.5) is 17.3 Å². The van der Waals surface area contributed by atoms with Gasteiger partial charge in [-0.25, -0.2) is 4.98 Å². The van der Waals surface area contributed by atoms with Gasteiger partial charge in [0.05, 0.1) is 24.9 Å². The van der Waals surface area contributed by atoms with E-state index in [9.17, 15) is 0 Å². The number of hydrogen-bond acceptors (Lipinski definition) is 5. The molecule has 0 spiro atoms. The third-order valence-corrected chi connectivity index (χ3v) is 2.77. The summed E-state index contributed by atoms with van der Waals surface area (Å²) in [4.78, 5) is 10.7. The molecule has 0 aliphatic carbocycles. The van der Waals surface area contributed by atoms with Crippen LogP contribution in [0.3, 0.4) is 0 Å². The van der Waals surface area contributed by atoms with E-state index in [1.807, 2.05) is 42.2 Å². The average molecular weight is 267 g/mol. The van der Waals surface area contributed by atoms with Gasteiger partial charge in [-0.05, 0) is 19.1 Å². The fraction of sp³-hybridized carbons (Fsp3) is 0.267. The predicted octanol–water partition coefficient (Wildman–Crippen LogP) is 2.96. The smallest absolute Gasteiger partial charge is 0.154 e. The van der Waals surface area contributed by atoms with Gasteiger partial charge in [0.15, 0.2) is 5.82 Å². The highest BCUT2D eigenvalue weighted by Crippen LogP contribution is 2.23. The van der Waals surface area contributed by atoms with Crippen LogP contribution in [0.2, 0.25) is 0 Å². The van der Waals surface area contributed by atoms with E-state index in [0.717, 1.165) is 23.9 Å². The maximum Gasteiger partial charge on any atom is 0.154 e. The van der Waals surface area contributed by atoms with Crippen LogP contribution in [-0.2, 0) is 0 Å². The Morgan fingerprint density at radius 3 is 2.75 bits per heavy atom. The number of nitrogens with zero attached hydrogens (tertiary/aromatic N) is 4. The fourth-order valence-electron chi connectivity index (χ4n) is 1.90. The molecule has 0 saturated carbocycles. The van der Waals surface area contributed by atoms with Gasteiger partial charge in [0.1, 0.15) is 5.82 Å². The van der Waals surface area contributed by atoms with Gasteiger partial charge in [0.25, 0.3) is 0 Å². The summed E-state index contributed by atoms with van der Waals surface area (Å²) in [6, 6.07) is 12.1. The van der Waals surface area contributed by atoms with E-state index < -0.39 is 0 Å². The highest BCUT2D eigenvalue weighted by Gasteiger charge is 2.11. The van der Waals surface area contributed by atoms with Crippen LogP contribution in [0, 0.1) is 11.3 Å². The molecule has 2 aromatic rings. The molecule has 1 N–H and O–H groups in total. The second-order valence-electron chi connectivity index (χ2n) is 4.19. The van der Waals surface area contributed by atoms with E-state index in [1.165, 1.54) is 0 Å². The molecule has 0 fully saturated rings. The molecule has 102 valence electrons. The number of nitriles is 1. The molecule has 1 aromatic carbocycles. The number of anilines is 3. The molecular weight excluding hydrogens is 250 g/mol. The minimum Gasteiger partial charge on any atom is -0.369 e. The first-order valence-corrected chi connectivity index (χ1v) is 6.60. The lowest BCUT2D eigenvalue weighted by molar-refractivity contribution is 0.918.